The van der Waals surface area contributed by atoms with Crippen molar-refractivity contribution >= 4 is 28.5 Å². The number of halogens is 1. The van der Waals surface area contributed by atoms with Crippen molar-refractivity contribution in [1.82, 2.24) is 9.47 Å². The minimum Gasteiger partial charge on any atom is -0.465 e. The standard InChI is InChI=1S/C26H27ClN2O2/c1-3-31-25(30)26-15-29-20-8-5-4-7-19(20)16(2)23(29)24(26)28-14-6-9-21(28)22(26)17-10-12-18(27)13-11-17/h4-5,7-8,10-13,21-22,24H,3,6,9,14-15H2,1-2H3/t21?,22-,24-,26?/m0/s1. The molecule has 160 valence electrons. The maximum absolute atomic E-state index is 13.9. The summed E-state index contributed by atoms with van der Waals surface area (Å²) in [6.07, 6.45) is 2.29. The second kappa shape index (κ2) is 6.85. The third kappa shape index (κ3) is 2.43. The maximum Gasteiger partial charge on any atom is 0.316 e. The molecular formula is C26H27ClN2O2. The Morgan fingerprint density at radius 2 is 1.97 bits per heavy atom. The lowest BCUT2D eigenvalue weighted by atomic mass is 9.68. The van der Waals surface area contributed by atoms with Crippen molar-refractivity contribution in [2.75, 3.05) is 13.2 Å². The van der Waals surface area contributed by atoms with E-state index in [0.29, 0.717) is 19.2 Å². The van der Waals surface area contributed by atoms with Crippen molar-refractivity contribution < 1.29 is 9.53 Å². The first-order valence-corrected chi connectivity index (χ1v) is 11.7. The van der Waals surface area contributed by atoms with Gasteiger partial charge in [-0.25, -0.2) is 0 Å². The van der Waals surface area contributed by atoms with Gasteiger partial charge in [0.1, 0.15) is 5.41 Å². The summed E-state index contributed by atoms with van der Waals surface area (Å²) in [5.74, 6) is 0.0379. The van der Waals surface area contributed by atoms with Crippen LogP contribution in [-0.2, 0) is 16.1 Å². The maximum atomic E-state index is 13.9. The number of esters is 1. The molecule has 0 saturated carbocycles. The molecule has 0 N–H and O–H groups in total. The third-order valence-electron chi connectivity index (χ3n) is 7.94. The average molecular weight is 435 g/mol. The summed E-state index contributed by atoms with van der Waals surface area (Å²) >= 11 is 6.22. The molecule has 2 fully saturated rings. The van der Waals surface area contributed by atoms with E-state index < -0.39 is 5.41 Å². The van der Waals surface area contributed by atoms with Gasteiger partial charge in [0.15, 0.2) is 0 Å². The van der Waals surface area contributed by atoms with E-state index in [-0.39, 0.29) is 17.9 Å². The summed E-state index contributed by atoms with van der Waals surface area (Å²) in [7, 11) is 0. The van der Waals surface area contributed by atoms with E-state index in [2.05, 4.69) is 52.8 Å². The molecule has 31 heavy (non-hydrogen) atoms. The van der Waals surface area contributed by atoms with E-state index in [4.69, 9.17) is 16.3 Å². The number of fused-ring (bicyclic) bond motifs is 7. The molecule has 6 rings (SSSR count). The lowest BCUT2D eigenvalue weighted by molar-refractivity contribution is -0.158. The van der Waals surface area contributed by atoms with Crippen LogP contribution in [0.1, 0.15) is 48.5 Å². The van der Waals surface area contributed by atoms with Crippen molar-refractivity contribution in [2.24, 2.45) is 5.41 Å². The van der Waals surface area contributed by atoms with Crippen LogP contribution in [0.2, 0.25) is 5.02 Å². The Bertz CT molecular complexity index is 1180. The molecule has 1 aromatic heterocycles. The van der Waals surface area contributed by atoms with E-state index in [0.717, 1.165) is 18.0 Å². The van der Waals surface area contributed by atoms with Gasteiger partial charge in [0, 0.05) is 40.1 Å². The van der Waals surface area contributed by atoms with Crippen LogP contribution >= 0.6 is 11.6 Å². The van der Waals surface area contributed by atoms with Crippen molar-refractivity contribution in [3.05, 3.63) is 70.4 Å². The number of para-hydroxylation sites is 1. The molecular weight excluding hydrogens is 408 g/mol. The van der Waals surface area contributed by atoms with Crippen LogP contribution in [0, 0.1) is 12.3 Å². The Morgan fingerprint density at radius 1 is 1.19 bits per heavy atom. The topological polar surface area (TPSA) is 34.5 Å². The summed E-state index contributed by atoms with van der Waals surface area (Å²) in [6.45, 7) is 6.23. The summed E-state index contributed by atoms with van der Waals surface area (Å²) in [4.78, 5) is 16.5. The zero-order chi connectivity index (χ0) is 21.3. The first-order valence-electron chi connectivity index (χ1n) is 11.3. The summed E-state index contributed by atoms with van der Waals surface area (Å²) in [5, 5.41) is 2.02. The highest BCUT2D eigenvalue weighted by Gasteiger charge is 2.69. The summed E-state index contributed by atoms with van der Waals surface area (Å²) in [6, 6.07) is 17.1. The molecule has 0 amide bonds. The second-order valence-corrected chi connectivity index (χ2v) is 9.69. The van der Waals surface area contributed by atoms with Crippen molar-refractivity contribution in [3.63, 3.8) is 0 Å². The van der Waals surface area contributed by atoms with Crippen molar-refractivity contribution in [1.29, 1.82) is 0 Å². The third-order valence-corrected chi connectivity index (χ3v) is 8.19. The zero-order valence-electron chi connectivity index (χ0n) is 18.0. The zero-order valence-corrected chi connectivity index (χ0v) is 18.7. The molecule has 4 nitrogen and oxygen atoms in total. The Kier molecular flexibility index (Phi) is 4.28. The van der Waals surface area contributed by atoms with Crippen molar-refractivity contribution in [2.45, 2.75) is 51.2 Å². The molecule has 5 heteroatoms. The van der Waals surface area contributed by atoms with Crippen LogP contribution in [0.4, 0.5) is 0 Å². The molecule has 2 aromatic carbocycles. The van der Waals surface area contributed by atoms with Crippen molar-refractivity contribution in [3.8, 4) is 0 Å². The molecule has 3 aliphatic rings. The molecule has 4 atom stereocenters. The number of aryl methyl sites for hydroxylation is 1. The highest BCUT2D eigenvalue weighted by molar-refractivity contribution is 6.30. The molecule has 3 aliphatic heterocycles. The van der Waals surface area contributed by atoms with Gasteiger partial charge in [0.05, 0.1) is 12.6 Å². The first kappa shape index (κ1) is 19.4. The van der Waals surface area contributed by atoms with Crippen LogP contribution < -0.4 is 0 Å². The van der Waals surface area contributed by atoms with Crippen LogP contribution in [0.5, 0.6) is 0 Å². The number of benzene rings is 2. The van der Waals surface area contributed by atoms with Gasteiger partial charge < -0.3 is 9.30 Å². The number of rotatable bonds is 3. The van der Waals surface area contributed by atoms with Gasteiger partial charge in [-0.05, 0) is 62.6 Å². The van der Waals surface area contributed by atoms with Gasteiger partial charge in [-0.1, -0.05) is 41.9 Å². The van der Waals surface area contributed by atoms with E-state index in [9.17, 15) is 4.79 Å². The quantitative estimate of drug-likeness (QED) is 0.512. The number of carbonyl (C=O) groups is 1. The Labute approximate surface area is 187 Å². The first-order chi connectivity index (χ1) is 15.1. The van der Waals surface area contributed by atoms with E-state index in [1.165, 1.54) is 34.1 Å². The van der Waals surface area contributed by atoms with E-state index in [1.807, 2.05) is 19.1 Å². The lowest BCUT2D eigenvalue weighted by Crippen LogP contribution is -2.41. The van der Waals surface area contributed by atoms with Crippen LogP contribution in [0.3, 0.4) is 0 Å². The second-order valence-electron chi connectivity index (χ2n) is 9.25. The smallest absolute Gasteiger partial charge is 0.316 e. The molecule has 0 bridgehead atoms. The number of ether oxygens (including phenoxy) is 1. The van der Waals surface area contributed by atoms with Gasteiger partial charge in [-0.3, -0.25) is 9.69 Å². The number of carbonyl (C=O) groups excluding carboxylic acids is 1. The van der Waals surface area contributed by atoms with Gasteiger partial charge in [-0.15, -0.1) is 0 Å². The van der Waals surface area contributed by atoms with Gasteiger partial charge in [0.25, 0.3) is 0 Å². The number of hydrogen-bond acceptors (Lipinski definition) is 3. The number of nitrogens with zero attached hydrogens (tertiary/aromatic N) is 2. The predicted molar refractivity (Wildman–Crippen MR) is 122 cm³/mol. The monoisotopic (exact) mass is 434 g/mol. The molecule has 3 aromatic rings. The molecule has 2 unspecified atom stereocenters. The fraction of sp³-hybridized carbons (Fsp3) is 0.423. The molecule has 4 heterocycles. The van der Waals surface area contributed by atoms with E-state index in [1.54, 1.807) is 0 Å². The average Bonchev–Trinajstić information content (AvgIpc) is 3.48. The lowest BCUT2D eigenvalue weighted by Gasteiger charge is -2.34. The van der Waals surface area contributed by atoms with Crippen LogP contribution in [0.25, 0.3) is 10.9 Å². The highest BCUT2D eigenvalue weighted by atomic mass is 35.5. The molecule has 0 spiro atoms. The summed E-state index contributed by atoms with van der Waals surface area (Å²) in [5.41, 5.74) is 4.41. The Morgan fingerprint density at radius 3 is 2.74 bits per heavy atom. The fourth-order valence-electron chi connectivity index (χ4n) is 6.93. The largest absolute Gasteiger partial charge is 0.465 e. The Balaban J connectivity index is 1.61. The fourth-order valence-corrected chi connectivity index (χ4v) is 7.05. The number of hydrogen-bond donors (Lipinski definition) is 0. The van der Waals surface area contributed by atoms with E-state index >= 15 is 0 Å². The highest BCUT2D eigenvalue weighted by Crippen LogP contribution is 2.66. The normalized spacial score (nSPS) is 29.2. The van der Waals surface area contributed by atoms with Crippen LogP contribution in [-0.4, -0.2) is 34.6 Å². The summed E-state index contributed by atoms with van der Waals surface area (Å²) < 4.78 is 8.23. The van der Waals surface area contributed by atoms with Gasteiger partial charge in [0.2, 0.25) is 0 Å². The van der Waals surface area contributed by atoms with Gasteiger partial charge >= 0.3 is 5.97 Å². The molecule has 0 radical (unpaired) electrons. The molecule has 2 saturated heterocycles. The predicted octanol–water partition coefficient (Wildman–Crippen LogP) is 5.47. The van der Waals surface area contributed by atoms with Crippen LogP contribution in [0.15, 0.2) is 48.5 Å². The minimum atomic E-state index is -0.612. The van der Waals surface area contributed by atoms with Gasteiger partial charge in [-0.2, -0.15) is 0 Å². The SMILES string of the molecule is CCOC(=O)C12Cn3c(c(C)c4ccccc43)[C@@H]1N1CCCC1[C@@H]2c1ccc(Cl)cc1. The Hall–Kier alpha value is -2.30. The molecule has 0 aliphatic carbocycles. The minimum absolute atomic E-state index is 0.0483. The number of aromatic nitrogens is 1.